The van der Waals surface area contributed by atoms with Gasteiger partial charge in [-0.15, -0.1) is 0 Å². The summed E-state index contributed by atoms with van der Waals surface area (Å²) in [5.41, 5.74) is 1.96. The third-order valence-corrected chi connectivity index (χ3v) is 3.18. The van der Waals surface area contributed by atoms with Crippen LogP contribution in [0.3, 0.4) is 0 Å². The molecule has 3 heteroatoms. The molecule has 86 valence electrons. The average Bonchev–Trinajstić information content (AvgIpc) is 2.28. The maximum absolute atomic E-state index is 9.93. The highest BCUT2D eigenvalue weighted by molar-refractivity contribution is 5.95. The van der Waals surface area contributed by atoms with E-state index in [1.807, 2.05) is 12.1 Å². The van der Waals surface area contributed by atoms with Gasteiger partial charge in [0, 0.05) is 17.9 Å². The highest BCUT2D eigenvalue weighted by Crippen LogP contribution is 2.37. The summed E-state index contributed by atoms with van der Waals surface area (Å²) in [4.78, 5) is 0. The van der Waals surface area contributed by atoms with E-state index < -0.39 is 0 Å². The Balaban J connectivity index is 2.39. The molecule has 2 aromatic rings. The maximum atomic E-state index is 9.93. The van der Waals surface area contributed by atoms with Crippen LogP contribution in [0.4, 0.5) is 0 Å². The molecule has 1 aliphatic rings. The third-order valence-electron chi connectivity index (χ3n) is 3.18. The van der Waals surface area contributed by atoms with Crippen molar-refractivity contribution < 1.29 is 15.3 Å². The van der Waals surface area contributed by atoms with E-state index in [1.54, 1.807) is 12.1 Å². The normalized spacial score (nSPS) is 14.5. The second-order valence-corrected chi connectivity index (χ2v) is 4.33. The minimum absolute atomic E-state index is 0.0594. The highest BCUT2D eigenvalue weighted by Gasteiger charge is 2.15. The zero-order chi connectivity index (χ0) is 12.0. The lowest BCUT2D eigenvalue weighted by Gasteiger charge is -2.16. The number of hydrogen-bond acceptors (Lipinski definition) is 3. The molecule has 0 saturated heterocycles. The lowest BCUT2D eigenvalue weighted by molar-refractivity contribution is 0.391. The van der Waals surface area contributed by atoms with E-state index in [0.717, 1.165) is 21.9 Å². The number of fused-ring (bicyclic) bond motifs is 3. The van der Waals surface area contributed by atoms with Gasteiger partial charge in [0.1, 0.15) is 11.5 Å². The van der Waals surface area contributed by atoms with E-state index in [4.69, 9.17) is 0 Å². The number of aryl methyl sites for hydroxylation is 1. The quantitative estimate of drug-likeness (QED) is 0.649. The Bertz CT molecular complexity index is 641. The first-order valence-electron chi connectivity index (χ1n) is 5.52. The number of phenolic OH excluding ortho intramolecular Hbond substituents is 2. The number of aliphatic hydroxyl groups excluding tert-OH is 1. The van der Waals surface area contributed by atoms with Gasteiger partial charge in [0.15, 0.2) is 0 Å². The number of allylic oxidation sites excluding steroid dienone is 1. The van der Waals surface area contributed by atoms with Gasteiger partial charge in [-0.05, 0) is 35.1 Å². The Kier molecular flexibility index (Phi) is 2.01. The fourth-order valence-electron chi connectivity index (χ4n) is 2.43. The van der Waals surface area contributed by atoms with Gasteiger partial charge < -0.3 is 15.3 Å². The van der Waals surface area contributed by atoms with E-state index in [0.29, 0.717) is 18.6 Å². The predicted molar refractivity (Wildman–Crippen MR) is 66.2 cm³/mol. The molecule has 0 spiro atoms. The van der Waals surface area contributed by atoms with Crippen LogP contribution < -0.4 is 0 Å². The van der Waals surface area contributed by atoms with Gasteiger partial charge in [-0.25, -0.2) is 0 Å². The fourth-order valence-corrected chi connectivity index (χ4v) is 2.43. The summed E-state index contributed by atoms with van der Waals surface area (Å²) in [6, 6.07) is 6.71. The molecule has 1 aliphatic carbocycles. The Morgan fingerprint density at radius 1 is 0.941 bits per heavy atom. The largest absolute Gasteiger partial charge is 0.512 e. The molecule has 0 unspecified atom stereocenters. The van der Waals surface area contributed by atoms with Crippen molar-refractivity contribution in [2.75, 3.05) is 0 Å². The first-order valence-corrected chi connectivity index (χ1v) is 5.52. The molecular formula is C14H12O3. The van der Waals surface area contributed by atoms with Crippen LogP contribution in [-0.4, -0.2) is 15.3 Å². The molecular weight excluding hydrogens is 216 g/mol. The van der Waals surface area contributed by atoms with Crippen LogP contribution in [0.2, 0.25) is 0 Å². The molecule has 17 heavy (non-hydrogen) atoms. The Morgan fingerprint density at radius 3 is 2.59 bits per heavy atom. The highest BCUT2D eigenvalue weighted by atomic mass is 16.3. The van der Waals surface area contributed by atoms with Crippen LogP contribution in [0.5, 0.6) is 11.5 Å². The molecule has 0 radical (unpaired) electrons. The van der Waals surface area contributed by atoms with E-state index in [-0.39, 0.29) is 11.5 Å². The standard InChI is InChI=1S/C14H12O3/c15-10-3-4-12-8(5-10)1-2-9-6-11(16)7-13(17)14(9)12/h1-2,5-7,15-17H,3-4H2. The molecule has 0 bridgehead atoms. The third kappa shape index (κ3) is 1.51. The number of rotatable bonds is 0. The van der Waals surface area contributed by atoms with Gasteiger partial charge in [0.25, 0.3) is 0 Å². The zero-order valence-corrected chi connectivity index (χ0v) is 9.14. The number of hydrogen-bond donors (Lipinski definition) is 3. The summed E-state index contributed by atoms with van der Waals surface area (Å²) in [7, 11) is 0. The van der Waals surface area contributed by atoms with Crippen molar-refractivity contribution in [2.45, 2.75) is 12.8 Å². The number of aliphatic hydroxyl groups is 1. The summed E-state index contributed by atoms with van der Waals surface area (Å²) in [5, 5.41) is 30.5. The van der Waals surface area contributed by atoms with Crippen LogP contribution in [0.25, 0.3) is 16.8 Å². The summed E-state index contributed by atoms with van der Waals surface area (Å²) < 4.78 is 0. The SMILES string of the molecule is OC1=Cc2ccc3cc(O)cc(O)c3c2CC1. The summed E-state index contributed by atoms with van der Waals surface area (Å²) in [6.07, 6.45) is 3.02. The second-order valence-electron chi connectivity index (χ2n) is 4.33. The van der Waals surface area contributed by atoms with Crippen molar-refractivity contribution in [3.05, 3.63) is 41.2 Å². The lowest BCUT2D eigenvalue weighted by atomic mass is 9.90. The summed E-state index contributed by atoms with van der Waals surface area (Å²) in [5.74, 6) is 0.519. The molecule has 0 amide bonds. The monoisotopic (exact) mass is 228 g/mol. The Morgan fingerprint density at radius 2 is 1.76 bits per heavy atom. The van der Waals surface area contributed by atoms with Gasteiger partial charge in [-0.3, -0.25) is 0 Å². The first kappa shape index (κ1) is 10.0. The number of benzene rings is 2. The zero-order valence-electron chi connectivity index (χ0n) is 9.14. The van der Waals surface area contributed by atoms with Crippen molar-refractivity contribution in [2.24, 2.45) is 0 Å². The molecule has 2 aromatic carbocycles. The topological polar surface area (TPSA) is 60.7 Å². The Labute approximate surface area is 98.3 Å². The van der Waals surface area contributed by atoms with Crippen LogP contribution in [-0.2, 0) is 6.42 Å². The first-order chi connectivity index (χ1) is 8.15. The van der Waals surface area contributed by atoms with Gasteiger partial charge in [0.2, 0.25) is 0 Å². The van der Waals surface area contributed by atoms with Crippen LogP contribution >= 0.6 is 0 Å². The van der Waals surface area contributed by atoms with Crippen LogP contribution in [0, 0.1) is 0 Å². The van der Waals surface area contributed by atoms with E-state index in [9.17, 15) is 15.3 Å². The molecule has 0 fully saturated rings. The van der Waals surface area contributed by atoms with E-state index >= 15 is 0 Å². The average molecular weight is 228 g/mol. The molecule has 0 aromatic heterocycles. The van der Waals surface area contributed by atoms with Crippen molar-refractivity contribution in [3.8, 4) is 11.5 Å². The van der Waals surface area contributed by atoms with Crippen LogP contribution in [0.1, 0.15) is 17.5 Å². The van der Waals surface area contributed by atoms with Gasteiger partial charge >= 0.3 is 0 Å². The molecule has 0 saturated carbocycles. The van der Waals surface area contributed by atoms with Crippen molar-refractivity contribution in [3.63, 3.8) is 0 Å². The maximum Gasteiger partial charge on any atom is 0.127 e. The molecule has 3 N–H and O–H groups in total. The van der Waals surface area contributed by atoms with Crippen LogP contribution in [0.15, 0.2) is 30.0 Å². The van der Waals surface area contributed by atoms with Crippen molar-refractivity contribution >= 4 is 16.8 Å². The van der Waals surface area contributed by atoms with Gasteiger partial charge in [0.05, 0.1) is 5.76 Å². The molecule has 0 aliphatic heterocycles. The van der Waals surface area contributed by atoms with E-state index in [2.05, 4.69) is 0 Å². The van der Waals surface area contributed by atoms with Gasteiger partial charge in [-0.1, -0.05) is 12.1 Å². The molecule has 0 atom stereocenters. The molecule has 0 heterocycles. The Hall–Kier alpha value is -2.16. The lowest BCUT2D eigenvalue weighted by Crippen LogP contribution is -2.00. The van der Waals surface area contributed by atoms with E-state index in [1.165, 1.54) is 6.07 Å². The van der Waals surface area contributed by atoms with Gasteiger partial charge in [-0.2, -0.15) is 0 Å². The van der Waals surface area contributed by atoms with Crippen molar-refractivity contribution in [1.29, 1.82) is 0 Å². The minimum Gasteiger partial charge on any atom is -0.512 e. The summed E-state index contributed by atoms with van der Waals surface area (Å²) >= 11 is 0. The minimum atomic E-state index is 0.0594. The number of aromatic hydroxyl groups is 2. The fraction of sp³-hybridized carbons (Fsp3) is 0.143. The second kappa shape index (κ2) is 3.42. The summed E-state index contributed by atoms with van der Waals surface area (Å²) in [6.45, 7) is 0. The molecule has 3 nitrogen and oxygen atoms in total. The predicted octanol–water partition coefficient (Wildman–Crippen LogP) is 3.10. The number of phenols is 2. The smallest absolute Gasteiger partial charge is 0.127 e. The molecule has 3 rings (SSSR count). The van der Waals surface area contributed by atoms with Crippen molar-refractivity contribution in [1.82, 2.24) is 0 Å².